The molecule has 31 heavy (non-hydrogen) atoms. The molecule has 1 unspecified atom stereocenters. The SMILES string of the molecule is CCOc1cc(C(=O)NCC(c2ccc(C)o2)N2CCOCC2)c([N+](=O)[O-])cc1OC. The Morgan fingerprint density at radius 2 is 2.03 bits per heavy atom. The highest BCUT2D eigenvalue weighted by Gasteiger charge is 2.28. The van der Waals surface area contributed by atoms with Crippen LogP contribution in [0.1, 0.15) is 34.8 Å². The molecule has 1 amide bonds. The van der Waals surface area contributed by atoms with Crippen molar-refractivity contribution in [2.45, 2.75) is 19.9 Å². The Labute approximate surface area is 180 Å². The Morgan fingerprint density at radius 1 is 1.29 bits per heavy atom. The number of hydrogen-bond acceptors (Lipinski definition) is 8. The van der Waals surface area contributed by atoms with Crippen LogP contribution in [0.2, 0.25) is 0 Å². The van der Waals surface area contributed by atoms with Gasteiger partial charge in [0.2, 0.25) is 0 Å². The van der Waals surface area contributed by atoms with E-state index >= 15 is 0 Å². The first-order valence-electron chi connectivity index (χ1n) is 10.1. The summed E-state index contributed by atoms with van der Waals surface area (Å²) in [7, 11) is 1.39. The molecule has 1 N–H and O–H groups in total. The van der Waals surface area contributed by atoms with Gasteiger partial charge < -0.3 is 23.9 Å². The first-order valence-corrected chi connectivity index (χ1v) is 10.1. The quantitative estimate of drug-likeness (QED) is 0.474. The van der Waals surface area contributed by atoms with Crippen LogP contribution in [-0.2, 0) is 4.74 Å². The van der Waals surface area contributed by atoms with E-state index in [1.165, 1.54) is 19.2 Å². The molecule has 0 spiro atoms. The van der Waals surface area contributed by atoms with Crippen molar-refractivity contribution in [2.75, 3.05) is 46.6 Å². The largest absolute Gasteiger partial charge is 0.493 e. The number of morpholine rings is 1. The molecule has 0 aliphatic carbocycles. The Bertz CT molecular complexity index is 922. The van der Waals surface area contributed by atoms with Crippen LogP contribution < -0.4 is 14.8 Å². The van der Waals surface area contributed by atoms with Crippen LogP contribution in [0.5, 0.6) is 11.5 Å². The molecule has 1 saturated heterocycles. The first kappa shape index (κ1) is 22.6. The molecule has 2 heterocycles. The lowest BCUT2D eigenvalue weighted by atomic mass is 10.1. The van der Waals surface area contributed by atoms with Crippen LogP contribution in [0.25, 0.3) is 0 Å². The lowest BCUT2D eigenvalue weighted by Gasteiger charge is -2.33. The average Bonchev–Trinajstić information content (AvgIpc) is 3.20. The molecular formula is C21H27N3O7. The number of aryl methyl sites for hydroxylation is 1. The van der Waals surface area contributed by atoms with E-state index in [0.29, 0.717) is 32.9 Å². The summed E-state index contributed by atoms with van der Waals surface area (Å²) in [5, 5.41) is 14.4. The fourth-order valence-corrected chi connectivity index (χ4v) is 3.53. The fraction of sp³-hybridized carbons (Fsp3) is 0.476. The van der Waals surface area contributed by atoms with Gasteiger partial charge in [-0.2, -0.15) is 0 Å². The number of ether oxygens (including phenoxy) is 3. The van der Waals surface area contributed by atoms with Gasteiger partial charge in [0.15, 0.2) is 11.5 Å². The maximum atomic E-state index is 13.0. The number of furan rings is 1. The highest BCUT2D eigenvalue weighted by molar-refractivity contribution is 5.99. The number of hydrogen-bond donors (Lipinski definition) is 1. The summed E-state index contributed by atoms with van der Waals surface area (Å²) in [5.74, 6) is 1.39. The second kappa shape index (κ2) is 10.3. The zero-order valence-electron chi connectivity index (χ0n) is 17.9. The van der Waals surface area contributed by atoms with Crippen LogP contribution in [0.4, 0.5) is 5.69 Å². The third-order valence-corrected chi connectivity index (χ3v) is 5.06. The van der Waals surface area contributed by atoms with Gasteiger partial charge in [0.1, 0.15) is 17.1 Å². The lowest BCUT2D eigenvalue weighted by molar-refractivity contribution is -0.385. The molecule has 10 heteroatoms. The van der Waals surface area contributed by atoms with Gasteiger partial charge in [-0.3, -0.25) is 19.8 Å². The Morgan fingerprint density at radius 3 is 2.61 bits per heavy atom. The normalized spacial score (nSPS) is 15.3. The molecule has 1 aliphatic rings. The van der Waals surface area contributed by atoms with E-state index in [9.17, 15) is 14.9 Å². The van der Waals surface area contributed by atoms with Crippen molar-refractivity contribution < 1.29 is 28.3 Å². The fourth-order valence-electron chi connectivity index (χ4n) is 3.53. The minimum absolute atomic E-state index is 0.0920. The summed E-state index contributed by atoms with van der Waals surface area (Å²) in [4.78, 5) is 26.1. The number of nitro groups is 1. The van der Waals surface area contributed by atoms with Gasteiger partial charge in [-0.05, 0) is 26.0 Å². The van der Waals surface area contributed by atoms with Crippen LogP contribution in [-0.4, -0.2) is 62.3 Å². The maximum absolute atomic E-state index is 13.0. The molecule has 3 rings (SSSR count). The van der Waals surface area contributed by atoms with Gasteiger partial charge in [0, 0.05) is 25.7 Å². The first-order chi connectivity index (χ1) is 14.9. The molecule has 0 bridgehead atoms. The van der Waals surface area contributed by atoms with Crippen molar-refractivity contribution in [1.29, 1.82) is 0 Å². The zero-order valence-corrected chi connectivity index (χ0v) is 17.9. The average molecular weight is 433 g/mol. The van der Waals surface area contributed by atoms with Gasteiger partial charge in [0.05, 0.1) is 44.0 Å². The standard InChI is InChI=1S/C21H27N3O7/c1-4-30-20-11-15(16(24(26)27)12-19(20)28-3)21(25)22-13-17(18-6-5-14(2)31-18)23-7-9-29-10-8-23/h5-6,11-12,17H,4,7-10,13H2,1-3H3,(H,22,25). The molecule has 10 nitrogen and oxygen atoms in total. The topological polar surface area (TPSA) is 116 Å². The Kier molecular flexibility index (Phi) is 7.48. The van der Waals surface area contributed by atoms with E-state index in [-0.39, 0.29) is 35.3 Å². The van der Waals surface area contributed by atoms with Crippen LogP contribution in [0, 0.1) is 17.0 Å². The van der Waals surface area contributed by atoms with Crippen LogP contribution in [0.15, 0.2) is 28.7 Å². The summed E-state index contributed by atoms with van der Waals surface area (Å²) in [6.07, 6.45) is 0. The van der Waals surface area contributed by atoms with Crippen molar-refractivity contribution >= 4 is 11.6 Å². The van der Waals surface area contributed by atoms with Crippen molar-refractivity contribution in [3.8, 4) is 11.5 Å². The van der Waals surface area contributed by atoms with E-state index in [0.717, 1.165) is 11.5 Å². The second-order valence-corrected chi connectivity index (χ2v) is 7.03. The smallest absolute Gasteiger partial charge is 0.286 e. The number of amides is 1. The molecule has 0 saturated carbocycles. The Balaban J connectivity index is 1.84. The summed E-state index contributed by atoms with van der Waals surface area (Å²) in [5.41, 5.74) is -0.444. The monoisotopic (exact) mass is 433 g/mol. The minimum atomic E-state index is -0.609. The van der Waals surface area contributed by atoms with Gasteiger partial charge in [-0.15, -0.1) is 0 Å². The molecule has 1 aromatic heterocycles. The number of carbonyl (C=O) groups is 1. The molecular weight excluding hydrogens is 406 g/mol. The number of rotatable bonds is 9. The predicted octanol–water partition coefficient (Wildman–Crippen LogP) is 2.71. The third-order valence-electron chi connectivity index (χ3n) is 5.06. The van der Waals surface area contributed by atoms with E-state index < -0.39 is 10.8 Å². The van der Waals surface area contributed by atoms with Crippen LogP contribution in [0.3, 0.4) is 0 Å². The lowest BCUT2D eigenvalue weighted by Crippen LogP contribution is -2.43. The number of carbonyl (C=O) groups excluding carboxylic acids is 1. The maximum Gasteiger partial charge on any atom is 0.286 e. The number of nitro benzene ring substituents is 1. The minimum Gasteiger partial charge on any atom is -0.493 e. The van der Waals surface area contributed by atoms with Gasteiger partial charge in [-0.25, -0.2) is 0 Å². The van der Waals surface area contributed by atoms with Crippen molar-refractivity contribution in [3.63, 3.8) is 0 Å². The summed E-state index contributed by atoms with van der Waals surface area (Å²) < 4.78 is 21.9. The molecule has 2 aromatic rings. The highest BCUT2D eigenvalue weighted by Crippen LogP contribution is 2.35. The van der Waals surface area contributed by atoms with Crippen molar-refractivity contribution in [1.82, 2.24) is 10.2 Å². The summed E-state index contributed by atoms with van der Waals surface area (Å²) >= 11 is 0. The van der Waals surface area contributed by atoms with Gasteiger partial charge >= 0.3 is 0 Å². The van der Waals surface area contributed by atoms with Gasteiger partial charge in [-0.1, -0.05) is 0 Å². The number of benzene rings is 1. The van der Waals surface area contributed by atoms with E-state index in [1.54, 1.807) is 6.92 Å². The molecule has 1 fully saturated rings. The molecule has 0 radical (unpaired) electrons. The molecule has 1 aliphatic heterocycles. The van der Waals surface area contributed by atoms with Crippen molar-refractivity contribution in [2.24, 2.45) is 0 Å². The predicted molar refractivity (Wildman–Crippen MR) is 112 cm³/mol. The van der Waals surface area contributed by atoms with E-state index in [2.05, 4.69) is 10.2 Å². The highest BCUT2D eigenvalue weighted by atomic mass is 16.6. The molecule has 1 aromatic carbocycles. The third kappa shape index (κ3) is 5.33. The van der Waals surface area contributed by atoms with E-state index in [4.69, 9.17) is 18.6 Å². The summed E-state index contributed by atoms with van der Waals surface area (Å²) in [6.45, 7) is 6.74. The molecule has 1 atom stereocenters. The van der Waals surface area contributed by atoms with Gasteiger partial charge in [0.25, 0.3) is 11.6 Å². The number of nitrogens with zero attached hydrogens (tertiary/aromatic N) is 2. The zero-order chi connectivity index (χ0) is 22.4. The molecule has 168 valence electrons. The number of nitrogens with one attached hydrogen (secondary N) is 1. The van der Waals surface area contributed by atoms with E-state index in [1.807, 2.05) is 19.1 Å². The number of methoxy groups -OCH3 is 1. The second-order valence-electron chi connectivity index (χ2n) is 7.03. The Hall–Kier alpha value is -3.11. The van der Waals surface area contributed by atoms with Crippen LogP contribution >= 0.6 is 0 Å². The summed E-state index contributed by atoms with van der Waals surface area (Å²) in [6, 6.07) is 6.08. The van der Waals surface area contributed by atoms with Crippen molar-refractivity contribution in [3.05, 3.63) is 51.5 Å².